The molecule has 0 saturated carbocycles. The summed E-state index contributed by atoms with van der Waals surface area (Å²) in [5, 5.41) is 1.32. The molecule has 1 fully saturated rings. The summed E-state index contributed by atoms with van der Waals surface area (Å²) < 4.78 is 0. The number of hydrogen-bond acceptors (Lipinski definition) is 3. The van der Waals surface area contributed by atoms with Gasteiger partial charge in [-0.1, -0.05) is 60.7 Å². The molecule has 1 heterocycles. The molecule has 0 radical (unpaired) electrons. The maximum absolute atomic E-state index is 12.3. The molecule has 1 amide bonds. The van der Waals surface area contributed by atoms with Crippen molar-refractivity contribution in [1.29, 1.82) is 0 Å². The lowest BCUT2D eigenvalue weighted by molar-refractivity contribution is -0.243. The van der Waals surface area contributed by atoms with Crippen LogP contribution in [-0.4, -0.2) is 22.8 Å². The number of rotatable bonds is 6. The molecule has 0 unspecified atom stereocenters. The Balaban J connectivity index is 1.55. The fourth-order valence-electron chi connectivity index (χ4n) is 2.81. The van der Waals surface area contributed by atoms with Crippen LogP contribution in [0.1, 0.15) is 18.1 Å². The van der Waals surface area contributed by atoms with Crippen molar-refractivity contribution in [3.05, 3.63) is 71.8 Å². The van der Waals surface area contributed by atoms with Gasteiger partial charge in [0.25, 0.3) is 5.91 Å². The quantitative estimate of drug-likeness (QED) is 0.609. The van der Waals surface area contributed by atoms with Crippen molar-refractivity contribution in [2.24, 2.45) is 5.92 Å². The summed E-state index contributed by atoms with van der Waals surface area (Å²) in [7, 11) is 0. The van der Waals surface area contributed by atoms with Crippen molar-refractivity contribution in [2.75, 3.05) is 0 Å². The van der Waals surface area contributed by atoms with Gasteiger partial charge in [-0.2, -0.15) is 0 Å². The monoisotopic (exact) mass is 309 g/mol. The average Bonchev–Trinajstić information content (AvgIpc) is 2.57. The van der Waals surface area contributed by atoms with E-state index in [1.54, 1.807) is 0 Å². The fraction of sp³-hybridized carbons (Fsp3) is 0.263. The van der Waals surface area contributed by atoms with Crippen LogP contribution in [0, 0.1) is 5.92 Å². The highest BCUT2D eigenvalue weighted by Gasteiger charge is 2.49. The molecule has 0 aliphatic carbocycles. The van der Waals surface area contributed by atoms with Gasteiger partial charge in [0.2, 0.25) is 0 Å². The van der Waals surface area contributed by atoms with Gasteiger partial charge in [-0.15, -0.1) is 0 Å². The van der Waals surface area contributed by atoms with E-state index in [9.17, 15) is 9.59 Å². The molecule has 1 aliphatic rings. The van der Waals surface area contributed by atoms with Crippen LogP contribution in [0.25, 0.3) is 0 Å². The maximum atomic E-state index is 12.3. The van der Waals surface area contributed by atoms with Gasteiger partial charge in [-0.25, -0.2) is 5.06 Å². The van der Waals surface area contributed by atoms with Gasteiger partial charge in [-0.3, -0.25) is 14.4 Å². The molecule has 3 rings (SSSR count). The number of benzene rings is 2. The van der Waals surface area contributed by atoms with Crippen molar-refractivity contribution in [2.45, 2.75) is 26.0 Å². The van der Waals surface area contributed by atoms with Gasteiger partial charge in [0.1, 0.15) is 12.5 Å². The lowest BCUT2D eigenvalue weighted by Gasteiger charge is -2.42. The van der Waals surface area contributed by atoms with E-state index in [1.165, 1.54) is 5.06 Å². The van der Waals surface area contributed by atoms with E-state index < -0.39 is 5.92 Å². The number of nitrogens with zero attached hydrogens (tertiary/aromatic N) is 1. The molecule has 0 spiro atoms. The van der Waals surface area contributed by atoms with E-state index in [4.69, 9.17) is 4.84 Å². The lowest BCUT2D eigenvalue weighted by Crippen LogP contribution is -2.62. The third kappa shape index (κ3) is 3.32. The topological polar surface area (TPSA) is 46.6 Å². The smallest absolute Gasteiger partial charge is 0.259 e. The Morgan fingerprint density at radius 3 is 2.13 bits per heavy atom. The van der Waals surface area contributed by atoms with Crippen molar-refractivity contribution in [3.8, 4) is 0 Å². The number of ketones is 1. The first-order chi connectivity index (χ1) is 11.2. The minimum atomic E-state index is -0.592. The molecule has 0 aromatic heterocycles. The van der Waals surface area contributed by atoms with Crippen molar-refractivity contribution < 1.29 is 14.4 Å². The zero-order valence-corrected chi connectivity index (χ0v) is 13.0. The van der Waals surface area contributed by atoms with E-state index in [0.29, 0.717) is 6.61 Å². The minimum absolute atomic E-state index is 0.0479. The number of β-lactam (4-membered cyclic amide) rings is 1. The second-order valence-electron chi connectivity index (χ2n) is 5.77. The number of hydroxylamine groups is 2. The number of carbonyl (C=O) groups is 2. The summed E-state index contributed by atoms with van der Waals surface area (Å²) in [6, 6.07) is 18.9. The Morgan fingerprint density at radius 1 is 1.00 bits per heavy atom. The van der Waals surface area contributed by atoms with E-state index >= 15 is 0 Å². The van der Waals surface area contributed by atoms with Crippen molar-refractivity contribution >= 4 is 11.7 Å². The summed E-state index contributed by atoms with van der Waals surface area (Å²) in [4.78, 5) is 30.1. The number of Topliss-reactive ketones (excluding diaryl/α,β-unsaturated/α-hetero) is 1. The van der Waals surface area contributed by atoms with Crippen LogP contribution in [0.4, 0.5) is 0 Å². The fourth-order valence-corrected chi connectivity index (χ4v) is 2.81. The lowest BCUT2D eigenvalue weighted by atomic mass is 9.84. The van der Waals surface area contributed by atoms with Crippen molar-refractivity contribution in [3.63, 3.8) is 0 Å². The molecule has 4 heteroatoms. The van der Waals surface area contributed by atoms with Crippen LogP contribution >= 0.6 is 0 Å². The number of carbonyl (C=O) groups excluding carboxylic acids is 2. The first-order valence-corrected chi connectivity index (χ1v) is 7.73. The standard InChI is InChI=1S/C19H19NO3/c1-14-18(17(21)12-15-8-4-2-5-9-15)19(22)20(14)23-13-16-10-6-3-7-11-16/h2-11,14,18H,12-13H2,1H3/t14-,18+/m1/s1. The Bertz CT molecular complexity index is 684. The molecule has 0 bridgehead atoms. The van der Waals surface area contributed by atoms with Crippen LogP contribution in [0.15, 0.2) is 60.7 Å². The van der Waals surface area contributed by atoms with Crippen LogP contribution in [0.2, 0.25) is 0 Å². The van der Waals surface area contributed by atoms with E-state index in [-0.39, 0.29) is 24.2 Å². The third-order valence-electron chi connectivity index (χ3n) is 4.12. The van der Waals surface area contributed by atoms with E-state index in [0.717, 1.165) is 11.1 Å². The molecule has 1 saturated heterocycles. The Hall–Kier alpha value is -2.46. The molecule has 1 aliphatic heterocycles. The summed E-state index contributed by atoms with van der Waals surface area (Å²) >= 11 is 0. The Morgan fingerprint density at radius 2 is 1.57 bits per heavy atom. The first kappa shape index (κ1) is 15.4. The van der Waals surface area contributed by atoms with Crippen LogP contribution < -0.4 is 0 Å². The number of hydrogen-bond donors (Lipinski definition) is 0. The van der Waals surface area contributed by atoms with Crippen molar-refractivity contribution in [1.82, 2.24) is 5.06 Å². The SMILES string of the molecule is C[C@@H]1[C@@H](C(=O)Cc2ccccc2)C(=O)N1OCc1ccccc1. The van der Waals surface area contributed by atoms with Gasteiger partial charge in [0, 0.05) is 6.42 Å². The maximum Gasteiger partial charge on any atom is 0.259 e. The molecular weight excluding hydrogens is 290 g/mol. The molecule has 2 aromatic carbocycles. The van der Waals surface area contributed by atoms with Crippen LogP contribution in [-0.2, 0) is 27.5 Å². The molecule has 2 atom stereocenters. The van der Waals surface area contributed by atoms with Gasteiger partial charge in [0.15, 0.2) is 5.78 Å². The summed E-state index contributed by atoms with van der Waals surface area (Å²) in [6.07, 6.45) is 0.286. The average molecular weight is 309 g/mol. The second-order valence-corrected chi connectivity index (χ2v) is 5.77. The van der Waals surface area contributed by atoms with Gasteiger partial charge in [0.05, 0.1) is 6.04 Å². The first-order valence-electron chi connectivity index (χ1n) is 7.73. The Kier molecular flexibility index (Phi) is 4.53. The van der Waals surface area contributed by atoms with Gasteiger partial charge < -0.3 is 0 Å². The Labute approximate surface area is 135 Å². The predicted molar refractivity (Wildman–Crippen MR) is 86.2 cm³/mol. The molecule has 118 valence electrons. The normalized spacial score (nSPS) is 20.2. The van der Waals surface area contributed by atoms with Gasteiger partial charge >= 0.3 is 0 Å². The molecule has 23 heavy (non-hydrogen) atoms. The number of amides is 1. The summed E-state index contributed by atoms with van der Waals surface area (Å²) in [5.74, 6) is -0.881. The summed E-state index contributed by atoms with van der Waals surface area (Å²) in [5.41, 5.74) is 1.92. The van der Waals surface area contributed by atoms with Crippen LogP contribution in [0.5, 0.6) is 0 Å². The molecule has 2 aromatic rings. The zero-order valence-electron chi connectivity index (χ0n) is 13.0. The largest absolute Gasteiger partial charge is 0.298 e. The van der Waals surface area contributed by atoms with Gasteiger partial charge in [-0.05, 0) is 18.1 Å². The molecule has 4 nitrogen and oxygen atoms in total. The minimum Gasteiger partial charge on any atom is -0.298 e. The van der Waals surface area contributed by atoms with E-state index in [1.807, 2.05) is 67.6 Å². The van der Waals surface area contributed by atoms with Crippen LogP contribution in [0.3, 0.4) is 0 Å². The predicted octanol–water partition coefficient (Wildman–Crippen LogP) is 2.78. The molecule has 0 N–H and O–H groups in total. The second kappa shape index (κ2) is 6.75. The zero-order chi connectivity index (χ0) is 16.2. The summed E-state index contributed by atoms with van der Waals surface area (Å²) in [6.45, 7) is 2.18. The highest BCUT2D eigenvalue weighted by atomic mass is 16.7. The highest BCUT2D eigenvalue weighted by molar-refractivity contribution is 6.06. The molecular formula is C19H19NO3. The third-order valence-corrected chi connectivity index (χ3v) is 4.12. The van der Waals surface area contributed by atoms with E-state index in [2.05, 4.69) is 0 Å². The highest BCUT2D eigenvalue weighted by Crippen LogP contribution is 2.29.